The molecule has 0 amide bonds. The van der Waals surface area contributed by atoms with Gasteiger partial charge in [0.15, 0.2) is 0 Å². The summed E-state index contributed by atoms with van der Waals surface area (Å²) in [7, 11) is 0. The molecule has 0 aliphatic rings. The Kier molecular flexibility index (Phi) is 3.55. The minimum atomic E-state index is -0.457. The summed E-state index contributed by atoms with van der Waals surface area (Å²) >= 11 is 7.41. The number of anilines is 1. The van der Waals surface area contributed by atoms with Crippen molar-refractivity contribution in [2.45, 2.75) is 6.54 Å². The van der Waals surface area contributed by atoms with Crippen LogP contribution >= 0.6 is 22.9 Å². The van der Waals surface area contributed by atoms with E-state index >= 15 is 0 Å². The van der Waals surface area contributed by atoms with E-state index in [0.29, 0.717) is 17.3 Å². The maximum Gasteiger partial charge on any atom is 0.293 e. The third-order valence-electron chi connectivity index (χ3n) is 2.11. The number of benzene rings is 1. The Morgan fingerprint density at radius 3 is 3.00 bits per heavy atom. The van der Waals surface area contributed by atoms with E-state index in [1.165, 1.54) is 17.4 Å². The first-order valence-electron chi connectivity index (χ1n) is 4.72. The van der Waals surface area contributed by atoms with Gasteiger partial charge in [0.2, 0.25) is 0 Å². The number of para-hydroxylation sites is 1. The number of halogens is 1. The van der Waals surface area contributed by atoms with Gasteiger partial charge >= 0.3 is 0 Å². The molecule has 0 aliphatic carbocycles. The van der Waals surface area contributed by atoms with Gasteiger partial charge in [-0.3, -0.25) is 15.1 Å². The maximum absolute atomic E-state index is 10.8. The molecule has 17 heavy (non-hydrogen) atoms. The van der Waals surface area contributed by atoms with E-state index in [1.54, 1.807) is 23.8 Å². The largest absolute Gasteiger partial charge is 0.373 e. The number of aromatic nitrogens is 1. The monoisotopic (exact) mass is 269 g/mol. The van der Waals surface area contributed by atoms with E-state index in [1.807, 2.05) is 0 Å². The molecule has 88 valence electrons. The topological polar surface area (TPSA) is 68.1 Å². The maximum atomic E-state index is 10.8. The Labute approximate surface area is 106 Å². The van der Waals surface area contributed by atoms with Gasteiger partial charge in [-0.1, -0.05) is 17.7 Å². The molecule has 0 unspecified atom stereocenters. The first-order chi connectivity index (χ1) is 8.18. The number of hydrogen-bond donors (Lipinski definition) is 1. The molecule has 0 saturated heterocycles. The molecule has 0 aliphatic heterocycles. The van der Waals surface area contributed by atoms with Crippen molar-refractivity contribution in [2.75, 3.05) is 5.32 Å². The zero-order valence-corrected chi connectivity index (χ0v) is 10.2. The van der Waals surface area contributed by atoms with Crippen molar-refractivity contribution in [3.8, 4) is 0 Å². The van der Waals surface area contributed by atoms with Crippen molar-refractivity contribution >= 4 is 34.3 Å². The molecular weight excluding hydrogens is 262 g/mol. The van der Waals surface area contributed by atoms with Gasteiger partial charge in [0.1, 0.15) is 5.69 Å². The summed E-state index contributed by atoms with van der Waals surface area (Å²) in [5.74, 6) is 0. The van der Waals surface area contributed by atoms with E-state index in [0.717, 1.165) is 4.88 Å². The van der Waals surface area contributed by atoms with Crippen LogP contribution in [0.2, 0.25) is 5.02 Å². The van der Waals surface area contributed by atoms with Gasteiger partial charge in [0.25, 0.3) is 5.69 Å². The third-order valence-corrected chi connectivity index (χ3v) is 3.21. The van der Waals surface area contributed by atoms with Crippen LogP contribution in [0.4, 0.5) is 11.4 Å². The quantitative estimate of drug-likeness (QED) is 0.683. The number of nitrogens with zero attached hydrogens (tertiary/aromatic N) is 2. The molecule has 1 N–H and O–H groups in total. The van der Waals surface area contributed by atoms with Crippen molar-refractivity contribution in [1.82, 2.24) is 4.98 Å². The zero-order valence-electron chi connectivity index (χ0n) is 8.59. The smallest absolute Gasteiger partial charge is 0.293 e. The van der Waals surface area contributed by atoms with Crippen LogP contribution in [0, 0.1) is 10.1 Å². The van der Waals surface area contributed by atoms with Crippen LogP contribution < -0.4 is 5.32 Å². The number of hydrogen-bond acceptors (Lipinski definition) is 5. The average Bonchev–Trinajstić information content (AvgIpc) is 2.80. The molecular formula is C10H8ClN3O2S. The number of nitro groups is 1. The van der Waals surface area contributed by atoms with Crippen LogP contribution in [0.1, 0.15) is 4.88 Å². The molecule has 1 aromatic carbocycles. The summed E-state index contributed by atoms with van der Waals surface area (Å²) in [6.07, 6.45) is 1.71. The number of nitrogens with one attached hydrogen (secondary N) is 1. The highest BCUT2D eigenvalue weighted by Crippen LogP contribution is 2.32. The summed E-state index contributed by atoms with van der Waals surface area (Å²) in [6, 6.07) is 4.59. The second-order valence-electron chi connectivity index (χ2n) is 3.21. The van der Waals surface area contributed by atoms with Crippen molar-refractivity contribution in [3.05, 3.63) is 49.9 Å². The second kappa shape index (κ2) is 5.11. The highest BCUT2D eigenvalue weighted by atomic mass is 35.5. The summed E-state index contributed by atoms with van der Waals surface area (Å²) in [5.41, 5.74) is 2.02. The van der Waals surface area contributed by atoms with Gasteiger partial charge in [-0.05, 0) is 6.07 Å². The van der Waals surface area contributed by atoms with E-state index in [9.17, 15) is 10.1 Å². The van der Waals surface area contributed by atoms with Crippen LogP contribution in [-0.4, -0.2) is 9.91 Å². The Morgan fingerprint density at radius 1 is 1.53 bits per heavy atom. The molecule has 0 fully saturated rings. The lowest BCUT2D eigenvalue weighted by Crippen LogP contribution is -2.02. The van der Waals surface area contributed by atoms with Gasteiger partial charge < -0.3 is 5.32 Å². The fourth-order valence-corrected chi connectivity index (χ4v) is 2.12. The molecule has 1 heterocycles. The molecule has 1 aromatic heterocycles. The predicted molar refractivity (Wildman–Crippen MR) is 67.5 cm³/mol. The van der Waals surface area contributed by atoms with Gasteiger partial charge in [-0.25, -0.2) is 0 Å². The molecule has 5 nitrogen and oxygen atoms in total. The fourth-order valence-electron chi connectivity index (χ4n) is 1.34. The molecule has 0 spiro atoms. The zero-order chi connectivity index (χ0) is 12.3. The molecule has 0 radical (unpaired) electrons. The van der Waals surface area contributed by atoms with E-state index in [4.69, 9.17) is 11.6 Å². The normalized spacial score (nSPS) is 10.2. The lowest BCUT2D eigenvalue weighted by molar-refractivity contribution is -0.383. The standard InChI is InChI=1S/C10H8ClN3O2S/c11-8-2-1-3-9(14(15)16)10(8)13-5-7-4-12-6-17-7/h1-4,6,13H,5H2. The van der Waals surface area contributed by atoms with Crippen LogP contribution in [0.3, 0.4) is 0 Å². The molecule has 0 bridgehead atoms. The number of thiazole rings is 1. The van der Waals surface area contributed by atoms with Crippen molar-refractivity contribution in [2.24, 2.45) is 0 Å². The summed E-state index contributed by atoms with van der Waals surface area (Å²) in [4.78, 5) is 15.3. The van der Waals surface area contributed by atoms with E-state index in [-0.39, 0.29) is 5.69 Å². The SMILES string of the molecule is O=[N+]([O-])c1cccc(Cl)c1NCc1cncs1. The third kappa shape index (κ3) is 2.72. The molecule has 2 aromatic rings. The number of nitro benzene ring substituents is 1. The Balaban J connectivity index is 2.22. The summed E-state index contributed by atoms with van der Waals surface area (Å²) in [6.45, 7) is 0.468. The van der Waals surface area contributed by atoms with Gasteiger partial charge in [0, 0.05) is 17.1 Å². The van der Waals surface area contributed by atoms with Gasteiger partial charge in [-0.15, -0.1) is 11.3 Å². The minimum absolute atomic E-state index is 0.0259. The second-order valence-corrected chi connectivity index (χ2v) is 4.59. The Bertz CT molecular complexity index is 530. The van der Waals surface area contributed by atoms with Gasteiger partial charge in [0.05, 0.1) is 22.0 Å². The minimum Gasteiger partial charge on any atom is -0.373 e. The molecule has 7 heteroatoms. The Hall–Kier alpha value is -1.66. The van der Waals surface area contributed by atoms with Crippen molar-refractivity contribution in [1.29, 1.82) is 0 Å². The average molecular weight is 270 g/mol. The van der Waals surface area contributed by atoms with E-state index < -0.39 is 4.92 Å². The Morgan fingerprint density at radius 2 is 2.35 bits per heavy atom. The lowest BCUT2D eigenvalue weighted by Gasteiger charge is -2.07. The molecule has 0 atom stereocenters. The summed E-state index contributed by atoms with van der Waals surface area (Å²) in [5, 5.41) is 14.1. The highest BCUT2D eigenvalue weighted by Gasteiger charge is 2.16. The van der Waals surface area contributed by atoms with Crippen LogP contribution in [0.25, 0.3) is 0 Å². The highest BCUT2D eigenvalue weighted by molar-refractivity contribution is 7.09. The molecule has 2 rings (SSSR count). The van der Waals surface area contributed by atoms with Crippen LogP contribution in [0.5, 0.6) is 0 Å². The number of rotatable bonds is 4. The fraction of sp³-hybridized carbons (Fsp3) is 0.100. The van der Waals surface area contributed by atoms with Crippen molar-refractivity contribution < 1.29 is 4.92 Å². The van der Waals surface area contributed by atoms with Crippen LogP contribution in [-0.2, 0) is 6.54 Å². The first-order valence-corrected chi connectivity index (χ1v) is 5.98. The van der Waals surface area contributed by atoms with E-state index in [2.05, 4.69) is 10.3 Å². The lowest BCUT2D eigenvalue weighted by atomic mass is 10.2. The first kappa shape index (κ1) is 11.8. The van der Waals surface area contributed by atoms with Crippen molar-refractivity contribution in [3.63, 3.8) is 0 Å². The van der Waals surface area contributed by atoms with Crippen LogP contribution in [0.15, 0.2) is 29.9 Å². The summed E-state index contributed by atoms with van der Waals surface area (Å²) < 4.78 is 0. The molecule has 0 saturated carbocycles. The predicted octanol–water partition coefficient (Wildman–Crippen LogP) is 3.32. The van der Waals surface area contributed by atoms with Gasteiger partial charge in [-0.2, -0.15) is 0 Å².